The van der Waals surface area contributed by atoms with E-state index in [0.29, 0.717) is 5.70 Å². The van der Waals surface area contributed by atoms with Crippen LogP contribution in [-0.4, -0.2) is 18.7 Å². The summed E-state index contributed by atoms with van der Waals surface area (Å²) in [6.07, 6.45) is 1.57. The van der Waals surface area contributed by atoms with Crippen molar-refractivity contribution in [2.24, 2.45) is 5.10 Å². The lowest BCUT2D eigenvalue weighted by molar-refractivity contribution is -0.127. The topological polar surface area (TPSA) is 62.7 Å². The van der Waals surface area contributed by atoms with Crippen LogP contribution in [0.1, 0.15) is 10.4 Å². The summed E-state index contributed by atoms with van der Waals surface area (Å²) in [5.41, 5.74) is 6.53. The molecule has 0 unspecified atom stereocenters. The molecule has 0 atom stereocenters. The molecule has 0 spiro atoms. The van der Waals surface area contributed by atoms with Gasteiger partial charge in [-0.25, -0.2) is 5.43 Å². The molecule has 2 rings (SSSR count). The first-order valence-electron chi connectivity index (χ1n) is 6.23. The first-order valence-corrected chi connectivity index (χ1v) is 7.11. The Balaban J connectivity index is 1.66. The van der Waals surface area contributed by atoms with E-state index in [1.54, 1.807) is 6.21 Å². The van der Waals surface area contributed by atoms with Gasteiger partial charge in [0.05, 0.1) is 16.8 Å². The number of carbonyl (C=O) groups is 1. The molecule has 5 nitrogen and oxygen atoms in total. The van der Waals surface area contributed by atoms with Gasteiger partial charge in [-0.15, -0.1) is 11.3 Å². The molecule has 1 aromatic heterocycles. The van der Waals surface area contributed by atoms with Crippen molar-refractivity contribution in [3.63, 3.8) is 0 Å². The van der Waals surface area contributed by atoms with Crippen LogP contribution in [0.2, 0.25) is 0 Å². The van der Waals surface area contributed by atoms with Gasteiger partial charge >= 0.3 is 0 Å². The number of carbonyl (C=O) groups excluding carboxylic acids is 1. The quantitative estimate of drug-likeness (QED) is 0.610. The molecule has 0 radical (unpaired) electrons. The molecule has 2 N–H and O–H groups in total. The molecule has 21 heavy (non-hydrogen) atoms. The lowest BCUT2D eigenvalue weighted by Crippen LogP contribution is -2.26. The zero-order valence-electron chi connectivity index (χ0n) is 11.3. The molecule has 0 aliphatic rings. The standard InChI is InChI=1S/C15H15N3O2S/c1-12(14-8-5-9-21-14)18-20-11-15(19)17-16-10-13-6-3-2-4-7-13/h2-10,18H,1,11H2,(H,17,19). The number of nitrogens with zero attached hydrogens (tertiary/aromatic N) is 1. The van der Waals surface area contributed by atoms with Gasteiger partial charge in [0.1, 0.15) is 0 Å². The van der Waals surface area contributed by atoms with Gasteiger partial charge in [0.2, 0.25) is 0 Å². The lowest BCUT2D eigenvalue weighted by Gasteiger charge is -2.07. The van der Waals surface area contributed by atoms with Gasteiger partial charge < -0.3 is 0 Å². The highest BCUT2D eigenvalue weighted by molar-refractivity contribution is 7.11. The van der Waals surface area contributed by atoms with Crippen LogP contribution in [0.15, 0.2) is 59.5 Å². The molecule has 0 saturated heterocycles. The van der Waals surface area contributed by atoms with Crippen LogP contribution in [0, 0.1) is 0 Å². The molecule has 0 bridgehead atoms. The van der Waals surface area contributed by atoms with Gasteiger partial charge in [0, 0.05) is 0 Å². The first-order chi connectivity index (χ1) is 10.3. The Labute approximate surface area is 126 Å². The minimum Gasteiger partial charge on any atom is -0.270 e. The maximum absolute atomic E-state index is 11.5. The van der Waals surface area contributed by atoms with E-state index in [9.17, 15) is 4.79 Å². The van der Waals surface area contributed by atoms with Crippen LogP contribution >= 0.6 is 11.3 Å². The van der Waals surface area contributed by atoms with Crippen LogP contribution in [0.4, 0.5) is 0 Å². The van der Waals surface area contributed by atoms with E-state index in [1.807, 2.05) is 47.8 Å². The van der Waals surface area contributed by atoms with Gasteiger partial charge in [0.25, 0.3) is 5.91 Å². The zero-order valence-corrected chi connectivity index (χ0v) is 12.1. The molecule has 1 aromatic carbocycles. The Kier molecular flexibility index (Phi) is 5.69. The highest BCUT2D eigenvalue weighted by Crippen LogP contribution is 2.15. The number of amides is 1. The molecule has 0 aliphatic heterocycles. The average molecular weight is 301 g/mol. The van der Waals surface area contributed by atoms with E-state index < -0.39 is 0 Å². The third kappa shape index (κ3) is 5.21. The molecule has 6 heteroatoms. The molecule has 1 amide bonds. The number of hydrogen-bond donors (Lipinski definition) is 2. The SMILES string of the molecule is C=C(NOCC(=O)NN=Cc1ccccc1)c1cccs1. The van der Waals surface area contributed by atoms with Crippen molar-refractivity contribution in [1.82, 2.24) is 10.9 Å². The fourth-order valence-electron chi connectivity index (χ4n) is 1.44. The third-order valence-corrected chi connectivity index (χ3v) is 3.35. The van der Waals surface area contributed by atoms with Crippen molar-refractivity contribution in [3.8, 4) is 0 Å². The van der Waals surface area contributed by atoms with Crippen molar-refractivity contribution >= 4 is 29.2 Å². The minimum atomic E-state index is -0.353. The van der Waals surface area contributed by atoms with E-state index in [2.05, 4.69) is 22.6 Å². The number of benzene rings is 1. The summed E-state index contributed by atoms with van der Waals surface area (Å²) in [5.74, 6) is -0.353. The van der Waals surface area contributed by atoms with Gasteiger partial charge in [-0.05, 0) is 17.0 Å². The fourth-order valence-corrected chi connectivity index (χ4v) is 2.08. The average Bonchev–Trinajstić information content (AvgIpc) is 3.02. The summed E-state index contributed by atoms with van der Waals surface area (Å²) in [7, 11) is 0. The molecule has 1 heterocycles. The van der Waals surface area contributed by atoms with Crippen LogP contribution < -0.4 is 10.9 Å². The van der Waals surface area contributed by atoms with Crippen molar-refractivity contribution in [2.75, 3.05) is 6.61 Å². The highest BCUT2D eigenvalue weighted by atomic mass is 32.1. The predicted octanol–water partition coefficient (Wildman–Crippen LogP) is 2.39. The smallest absolute Gasteiger partial charge is 0.268 e. The fraction of sp³-hybridized carbons (Fsp3) is 0.0667. The van der Waals surface area contributed by atoms with Crippen molar-refractivity contribution in [1.29, 1.82) is 0 Å². The van der Waals surface area contributed by atoms with Crippen molar-refractivity contribution in [2.45, 2.75) is 0 Å². The number of hydrogen-bond acceptors (Lipinski definition) is 5. The monoisotopic (exact) mass is 301 g/mol. The molecule has 0 saturated carbocycles. The van der Waals surface area contributed by atoms with Gasteiger partial charge in [-0.2, -0.15) is 5.10 Å². The maximum Gasteiger partial charge on any atom is 0.268 e. The summed E-state index contributed by atoms with van der Waals surface area (Å²) in [6, 6.07) is 13.3. The van der Waals surface area contributed by atoms with Crippen LogP contribution in [0.25, 0.3) is 5.70 Å². The van der Waals surface area contributed by atoms with Gasteiger partial charge in [0.15, 0.2) is 6.61 Å². The van der Waals surface area contributed by atoms with Gasteiger partial charge in [-0.1, -0.05) is 43.0 Å². The lowest BCUT2D eigenvalue weighted by atomic mass is 10.2. The Morgan fingerprint density at radius 3 is 2.81 bits per heavy atom. The summed E-state index contributed by atoms with van der Waals surface area (Å²) >= 11 is 1.54. The molecule has 2 aromatic rings. The first kappa shape index (κ1) is 15.0. The highest BCUT2D eigenvalue weighted by Gasteiger charge is 2.02. The molecular formula is C15H15N3O2S. The predicted molar refractivity (Wildman–Crippen MR) is 84.6 cm³/mol. The number of nitrogens with one attached hydrogen (secondary N) is 2. The largest absolute Gasteiger partial charge is 0.270 e. The van der Waals surface area contributed by atoms with Crippen molar-refractivity contribution in [3.05, 3.63) is 64.9 Å². The number of rotatable bonds is 7. The van der Waals surface area contributed by atoms with E-state index in [0.717, 1.165) is 10.4 Å². The van der Waals surface area contributed by atoms with E-state index in [-0.39, 0.29) is 12.5 Å². The Hall–Kier alpha value is -2.44. The summed E-state index contributed by atoms with van der Waals surface area (Å²) in [6.45, 7) is 3.65. The maximum atomic E-state index is 11.5. The summed E-state index contributed by atoms with van der Waals surface area (Å²) < 4.78 is 0. The Bertz CT molecular complexity index is 609. The summed E-state index contributed by atoms with van der Waals surface area (Å²) in [5, 5.41) is 5.77. The van der Waals surface area contributed by atoms with Crippen LogP contribution in [0.5, 0.6) is 0 Å². The van der Waals surface area contributed by atoms with E-state index >= 15 is 0 Å². The minimum absolute atomic E-state index is 0.156. The molecule has 108 valence electrons. The second-order valence-corrected chi connectivity index (χ2v) is 5.00. The second-order valence-electron chi connectivity index (χ2n) is 4.05. The van der Waals surface area contributed by atoms with Crippen LogP contribution in [0.3, 0.4) is 0 Å². The molecule has 0 fully saturated rings. The normalized spacial score (nSPS) is 10.5. The van der Waals surface area contributed by atoms with E-state index in [4.69, 9.17) is 4.84 Å². The third-order valence-electron chi connectivity index (χ3n) is 2.42. The summed E-state index contributed by atoms with van der Waals surface area (Å²) in [4.78, 5) is 17.5. The Morgan fingerprint density at radius 1 is 1.29 bits per heavy atom. The molecule has 0 aliphatic carbocycles. The second kappa shape index (κ2) is 7.98. The zero-order chi connectivity index (χ0) is 14.9. The Morgan fingerprint density at radius 2 is 2.10 bits per heavy atom. The number of hydroxylamine groups is 1. The molecular weight excluding hydrogens is 286 g/mol. The van der Waals surface area contributed by atoms with Crippen LogP contribution in [-0.2, 0) is 9.63 Å². The van der Waals surface area contributed by atoms with Crippen molar-refractivity contribution < 1.29 is 9.63 Å². The van der Waals surface area contributed by atoms with E-state index in [1.165, 1.54) is 11.3 Å². The number of hydrazone groups is 1. The van der Waals surface area contributed by atoms with Gasteiger partial charge in [-0.3, -0.25) is 15.1 Å². The number of thiophene rings is 1.